The maximum Gasteiger partial charge on any atom is 0.357 e. The summed E-state index contributed by atoms with van der Waals surface area (Å²) in [6.45, 7) is 2.05. The van der Waals surface area contributed by atoms with Crippen LogP contribution in [-0.2, 0) is 9.53 Å². The van der Waals surface area contributed by atoms with Crippen molar-refractivity contribution < 1.29 is 19.4 Å². The summed E-state index contributed by atoms with van der Waals surface area (Å²) in [7, 11) is 0. The molecule has 6 heteroatoms. The maximum atomic E-state index is 11.1. The number of esters is 1. The minimum absolute atomic E-state index is 0.00303. The zero-order valence-corrected chi connectivity index (χ0v) is 10.8. The number of benzene rings is 1. The van der Waals surface area contributed by atoms with E-state index in [0.717, 1.165) is 0 Å². The molecule has 0 bridgehead atoms. The van der Waals surface area contributed by atoms with Gasteiger partial charge in [-0.2, -0.15) is 5.10 Å². The average molecular weight is 272 g/mol. The molecule has 102 valence electrons. The van der Waals surface area contributed by atoms with Gasteiger partial charge in [0, 0.05) is 10.9 Å². The van der Waals surface area contributed by atoms with Crippen LogP contribution < -0.4 is 0 Å². The van der Waals surface area contributed by atoms with Crippen molar-refractivity contribution >= 4 is 22.8 Å². The van der Waals surface area contributed by atoms with Crippen LogP contribution in [0.2, 0.25) is 0 Å². The number of hydrogen-bond acceptors (Lipinski definition) is 4. The predicted molar refractivity (Wildman–Crippen MR) is 71.2 cm³/mol. The summed E-state index contributed by atoms with van der Waals surface area (Å²) < 4.78 is 4.75. The van der Waals surface area contributed by atoms with Gasteiger partial charge in [0.05, 0.1) is 12.1 Å². The summed E-state index contributed by atoms with van der Waals surface area (Å²) in [6, 6.07) is 5.05. The van der Waals surface area contributed by atoms with Crippen molar-refractivity contribution in [1.82, 2.24) is 10.2 Å². The fourth-order valence-corrected chi connectivity index (χ4v) is 1.69. The number of carboxylic acid groups (broad SMARTS) is 1. The number of ether oxygens (including phenoxy) is 1. The van der Waals surface area contributed by atoms with Gasteiger partial charge in [0.15, 0.2) is 5.69 Å². The van der Waals surface area contributed by atoms with Crippen molar-refractivity contribution in [3.8, 4) is 11.8 Å². The lowest BCUT2D eigenvalue weighted by Gasteiger charge is -1.95. The number of carbonyl (C=O) groups excluding carboxylic acids is 1. The lowest BCUT2D eigenvalue weighted by atomic mass is 10.1. The van der Waals surface area contributed by atoms with Crippen LogP contribution in [0.25, 0.3) is 10.9 Å². The van der Waals surface area contributed by atoms with Crippen LogP contribution in [0.1, 0.15) is 29.4 Å². The molecule has 0 unspecified atom stereocenters. The van der Waals surface area contributed by atoms with Crippen LogP contribution in [0.3, 0.4) is 0 Å². The van der Waals surface area contributed by atoms with E-state index in [0.29, 0.717) is 23.1 Å². The number of nitrogens with zero attached hydrogens (tertiary/aromatic N) is 1. The standard InChI is InChI=1S/C14H12N2O4/c1-2-20-12(17)5-3-4-9-6-7-11-10(8-9)13(14(18)19)16-15-11/h6-8H,2,5H2,1H3,(H,15,16)(H,18,19). The number of hydrogen-bond donors (Lipinski definition) is 2. The maximum absolute atomic E-state index is 11.1. The van der Waals surface area contributed by atoms with Gasteiger partial charge in [-0.15, -0.1) is 0 Å². The van der Waals surface area contributed by atoms with Crippen molar-refractivity contribution in [1.29, 1.82) is 0 Å². The quantitative estimate of drug-likeness (QED) is 0.653. The van der Waals surface area contributed by atoms with Gasteiger partial charge in [-0.25, -0.2) is 4.79 Å². The third-order valence-electron chi connectivity index (χ3n) is 2.54. The van der Waals surface area contributed by atoms with E-state index in [2.05, 4.69) is 22.0 Å². The molecule has 0 radical (unpaired) electrons. The van der Waals surface area contributed by atoms with Crippen molar-refractivity contribution in [2.24, 2.45) is 0 Å². The second kappa shape index (κ2) is 5.89. The number of fused-ring (bicyclic) bond motifs is 1. The SMILES string of the molecule is CCOC(=O)CC#Cc1ccc2[nH]nc(C(=O)O)c2c1. The summed E-state index contributed by atoms with van der Waals surface area (Å²) in [4.78, 5) is 22.1. The van der Waals surface area contributed by atoms with Crippen molar-refractivity contribution in [2.45, 2.75) is 13.3 Å². The number of carboxylic acids is 1. The minimum Gasteiger partial charge on any atom is -0.476 e. The van der Waals surface area contributed by atoms with Crippen molar-refractivity contribution in [3.63, 3.8) is 0 Å². The normalized spacial score (nSPS) is 9.85. The topological polar surface area (TPSA) is 92.3 Å². The Morgan fingerprint density at radius 2 is 2.25 bits per heavy atom. The Morgan fingerprint density at radius 3 is 2.95 bits per heavy atom. The van der Waals surface area contributed by atoms with Crippen LogP contribution in [0.4, 0.5) is 0 Å². The molecule has 0 amide bonds. The van der Waals surface area contributed by atoms with Gasteiger partial charge in [-0.3, -0.25) is 9.89 Å². The highest BCUT2D eigenvalue weighted by molar-refractivity contribution is 6.01. The minimum atomic E-state index is -1.10. The third-order valence-corrected chi connectivity index (χ3v) is 2.54. The van der Waals surface area contributed by atoms with E-state index in [1.807, 2.05) is 0 Å². The van der Waals surface area contributed by atoms with E-state index >= 15 is 0 Å². The molecule has 0 fully saturated rings. The molecule has 2 rings (SSSR count). The van der Waals surface area contributed by atoms with Crippen LogP contribution in [0.5, 0.6) is 0 Å². The zero-order valence-electron chi connectivity index (χ0n) is 10.8. The largest absolute Gasteiger partial charge is 0.476 e. The fourth-order valence-electron chi connectivity index (χ4n) is 1.69. The highest BCUT2D eigenvalue weighted by atomic mass is 16.5. The van der Waals surface area contributed by atoms with Crippen molar-refractivity contribution in [3.05, 3.63) is 29.5 Å². The average Bonchev–Trinajstić information content (AvgIpc) is 2.82. The van der Waals surface area contributed by atoms with Gasteiger partial charge in [-0.1, -0.05) is 11.8 Å². The van der Waals surface area contributed by atoms with E-state index in [-0.39, 0.29) is 18.1 Å². The van der Waals surface area contributed by atoms with Gasteiger partial charge < -0.3 is 9.84 Å². The summed E-state index contributed by atoms with van der Waals surface area (Å²) in [6.07, 6.45) is 0.00303. The van der Waals surface area contributed by atoms with Gasteiger partial charge in [0.25, 0.3) is 0 Å². The predicted octanol–water partition coefficient (Wildman–Crippen LogP) is 1.57. The zero-order chi connectivity index (χ0) is 14.5. The number of aromatic carboxylic acids is 1. The number of carbonyl (C=O) groups is 2. The van der Waals surface area contributed by atoms with E-state index in [9.17, 15) is 9.59 Å². The summed E-state index contributed by atoms with van der Waals surface area (Å²) >= 11 is 0. The fraction of sp³-hybridized carbons (Fsp3) is 0.214. The molecule has 0 saturated heterocycles. The molecule has 0 atom stereocenters. The molecule has 0 saturated carbocycles. The van der Waals surface area contributed by atoms with E-state index in [1.165, 1.54) is 0 Å². The highest BCUT2D eigenvalue weighted by Crippen LogP contribution is 2.17. The molecule has 1 heterocycles. The van der Waals surface area contributed by atoms with Gasteiger partial charge in [0.2, 0.25) is 0 Å². The van der Waals surface area contributed by atoms with E-state index in [1.54, 1.807) is 25.1 Å². The number of rotatable bonds is 3. The Kier molecular flexibility index (Phi) is 4.01. The first-order valence-corrected chi connectivity index (χ1v) is 5.97. The first-order chi connectivity index (χ1) is 9.61. The molecule has 2 aromatic rings. The van der Waals surface area contributed by atoms with Crippen molar-refractivity contribution in [2.75, 3.05) is 6.61 Å². The first kappa shape index (κ1) is 13.6. The smallest absolute Gasteiger partial charge is 0.357 e. The molecule has 6 nitrogen and oxygen atoms in total. The van der Waals surface area contributed by atoms with Crippen LogP contribution in [0, 0.1) is 11.8 Å². The molecule has 0 aliphatic heterocycles. The summed E-state index contributed by atoms with van der Waals surface area (Å²) in [5, 5.41) is 15.8. The summed E-state index contributed by atoms with van der Waals surface area (Å²) in [5.74, 6) is 4.00. The lowest BCUT2D eigenvalue weighted by molar-refractivity contribution is -0.141. The molecule has 20 heavy (non-hydrogen) atoms. The Morgan fingerprint density at radius 1 is 1.45 bits per heavy atom. The number of aromatic amines is 1. The van der Waals surface area contributed by atoms with Crippen LogP contribution >= 0.6 is 0 Å². The highest BCUT2D eigenvalue weighted by Gasteiger charge is 2.12. The first-order valence-electron chi connectivity index (χ1n) is 5.97. The molecular formula is C14H12N2O4. The van der Waals surface area contributed by atoms with E-state index < -0.39 is 5.97 Å². The van der Waals surface area contributed by atoms with Crippen LogP contribution in [-0.4, -0.2) is 33.8 Å². The molecule has 1 aromatic carbocycles. The van der Waals surface area contributed by atoms with E-state index in [4.69, 9.17) is 9.84 Å². The number of nitrogens with one attached hydrogen (secondary N) is 1. The lowest BCUT2D eigenvalue weighted by Crippen LogP contribution is -2.01. The second-order valence-corrected chi connectivity index (χ2v) is 3.92. The Balaban J connectivity index is 2.23. The molecule has 1 aromatic heterocycles. The number of H-pyrrole nitrogens is 1. The van der Waals surface area contributed by atoms with Gasteiger partial charge >= 0.3 is 11.9 Å². The summed E-state index contributed by atoms with van der Waals surface area (Å²) in [5.41, 5.74) is 1.19. The Labute approximate surface area is 114 Å². The third kappa shape index (κ3) is 2.95. The van der Waals surface area contributed by atoms with Gasteiger partial charge in [-0.05, 0) is 25.1 Å². The molecule has 0 aliphatic rings. The Hall–Kier alpha value is -2.81. The molecule has 2 N–H and O–H groups in total. The molecule has 0 aliphatic carbocycles. The molecule has 0 spiro atoms. The van der Waals surface area contributed by atoms with Gasteiger partial charge in [0.1, 0.15) is 6.42 Å². The second-order valence-electron chi connectivity index (χ2n) is 3.92. The number of aromatic nitrogens is 2. The Bertz CT molecular complexity index is 722. The monoisotopic (exact) mass is 272 g/mol. The van der Waals surface area contributed by atoms with Crippen LogP contribution in [0.15, 0.2) is 18.2 Å². The molecular weight excluding hydrogens is 260 g/mol.